The summed E-state index contributed by atoms with van der Waals surface area (Å²) in [4.78, 5) is 8.70. The third-order valence-electron chi connectivity index (χ3n) is 4.92. The van der Waals surface area contributed by atoms with E-state index >= 15 is 0 Å². The molecular formula is C22H36N12O3. The quantitative estimate of drug-likeness (QED) is 0.309. The summed E-state index contributed by atoms with van der Waals surface area (Å²) < 4.78 is 22.3. The van der Waals surface area contributed by atoms with Crippen molar-refractivity contribution in [2.24, 2.45) is 22.8 Å². The third-order valence-corrected chi connectivity index (χ3v) is 4.92. The van der Waals surface area contributed by atoms with Crippen molar-refractivity contribution in [3.8, 4) is 0 Å². The van der Waals surface area contributed by atoms with Crippen LogP contribution in [-0.2, 0) is 46.6 Å². The number of hydrogen-bond acceptors (Lipinski definition) is 10. The molecular weight excluding hydrogens is 480 g/mol. The van der Waals surface area contributed by atoms with E-state index < -0.39 is 6.23 Å². The highest BCUT2D eigenvalue weighted by molar-refractivity contribution is 5.88. The third kappa shape index (κ3) is 8.63. The molecule has 3 rings (SSSR count). The van der Waals surface area contributed by atoms with Gasteiger partial charge in [0.1, 0.15) is 30.3 Å². The Morgan fingerprint density at radius 3 is 2.19 bits per heavy atom. The molecule has 1 atom stereocenters. The fourth-order valence-electron chi connectivity index (χ4n) is 2.85. The van der Waals surface area contributed by atoms with Crippen LogP contribution >= 0.6 is 0 Å². The molecule has 0 amide bonds. The molecule has 3 heterocycles. The van der Waals surface area contributed by atoms with E-state index in [0.29, 0.717) is 23.5 Å². The molecule has 15 heteroatoms. The summed E-state index contributed by atoms with van der Waals surface area (Å²) in [6.45, 7) is 12.5. The second-order valence-corrected chi connectivity index (χ2v) is 9.61. The zero-order valence-corrected chi connectivity index (χ0v) is 22.4. The molecule has 15 nitrogen and oxygen atoms in total. The highest BCUT2D eigenvalue weighted by atomic mass is 16.5. The SMILES string of the molecule is CCC(N=C(N=C(N)OCc1cn(C(C)(C)C)nn1)OCc1cn(C)nn1)OCc1cn(C(C)C)nn1. The topological polar surface area (TPSA) is 171 Å². The van der Waals surface area contributed by atoms with Gasteiger partial charge in [0.15, 0.2) is 6.23 Å². The maximum absolute atomic E-state index is 6.02. The number of aryl methyl sites for hydroxylation is 1. The van der Waals surface area contributed by atoms with Crippen molar-refractivity contribution in [1.29, 1.82) is 0 Å². The lowest BCUT2D eigenvalue weighted by atomic mass is 10.1. The van der Waals surface area contributed by atoms with Gasteiger partial charge < -0.3 is 19.9 Å². The van der Waals surface area contributed by atoms with E-state index in [9.17, 15) is 0 Å². The lowest BCUT2D eigenvalue weighted by Crippen LogP contribution is -2.22. The van der Waals surface area contributed by atoms with E-state index in [1.165, 1.54) is 0 Å². The van der Waals surface area contributed by atoms with Crippen LogP contribution in [-0.4, -0.2) is 63.3 Å². The first-order valence-electron chi connectivity index (χ1n) is 12.0. The van der Waals surface area contributed by atoms with Gasteiger partial charge in [-0.3, -0.25) is 4.68 Å². The van der Waals surface area contributed by atoms with Gasteiger partial charge in [-0.1, -0.05) is 22.6 Å². The Morgan fingerprint density at radius 2 is 1.59 bits per heavy atom. The molecule has 1 unspecified atom stereocenters. The van der Waals surface area contributed by atoms with E-state index in [2.05, 4.69) is 40.9 Å². The molecule has 0 aliphatic heterocycles. The molecule has 0 saturated carbocycles. The van der Waals surface area contributed by atoms with Gasteiger partial charge in [0.25, 0.3) is 6.02 Å². The summed E-state index contributed by atoms with van der Waals surface area (Å²) in [5.74, 6) is 0. The Hall–Kier alpha value is -3.88. The van der Waals surface area contributed by atoms with Crippen molar-refractivity contribution in [3.05, 3.63) is 35.7 Å². The van der Waals surface area contributed by atoms with E-state index in [0.717, 1.165) is 0 Å². The second-order valence-electron chi connectivity index (χ2n) is 9.61. The molecule has 202 valence electrons. The number of ether oxygens (including phenoxy) is 3. The van der Waals surface area contributed by atoms with Gasteiger partial charge in [0.05, 0.1) is 30.7 Å². The van der Waals surface area contributed by atoms with Crippen LogP contribution in [0.4, 0.5) is 0 Å². The zero-order chi connectivity index (χ0) is 27.0. The molecule has 3 aromatic heterocycles. The monoisotopic (exact) mass is 516 g/mol. The summed E-state index contributed by atoms with van der Waals surface area (Å²) in [7, 11) is 1.77. The largest absolute Gasteiger partial charge is 0.458 e. The van der Waals surface area contributed by atoms with Crippen molar-refractivity contribution in [1.82, 2.24) is 45.0 Å². The first-order chi connectivity index (χ1) is 17.5. The Kier molecular flexibility index (Phi) is 9.27. The van der Waals surface area contributed by atoms with Crippen LogP contribution in [0.25, 0.3) is 0 Å². The lowest BCUT2D eigenvalue weighted by molar-refractivity contribution is 0.0401. The average molecular weight is 517 g/mol. The Labute approximate surface area is 215 Å². The molecule has 0 aliphatic carbocycles. The smallest absolute Gasteiger partial charge is 0.319 e. The minimum atomic E-state index is -0.565. The number of amidine groups is 2. The van der Waals surface area contributed by atoms with Crippen LogP contribution in [0.5, 0.6) is 0 Å². The van der Waals surface area contributed by atoms with E-state index in [1.807, 2.05) is 47.7 Å². The van der Waals surface area contributed by atoms with Crippen molar-refractivity contribution in [3.63, 3.8) is 0 Å². The standard InChI is InChI=1S/C22H36N12O3/c1-8-19(35-12-17-10-33(15(2)3)30-27-17)24-21(37-14-16-9-32(7)29-26-16)25-20(23)36-13-18-11-34(31-28-18)22(4,5)6/h9-11,15,19H,8,12-14H2,1-7H3,(H2,23,24,25). The fraction of sp³-hybridized carbons (Fsp3) is 0.636. The highest BCUT2D eigenvalue weighted by Crippen LogP contribution is 2.12. The van der Waals surface area contributed by atoms with E-state index in [-0.39, 0.29) is 43.4 Å². The summed E-state index contributed by atoms with van der Waals surface area (Å²) in [5, 5.41) is 24.4. The molecule has 0 radical (unpaired) electrons. The van der Waals surface area contributed by atoms with Gasteiger partial charge in [-0.15, -0.1) is 20.3 Å². The molecule has 0 aliphatic rings. The van der Waals surface area contributed by atoms with Gasteiger partial charge in [-0.05, 0) is 41.0 Å². The van der Waals surface area contributed by atoms with Gasteiger partial charge in [0.2, 0.25) is 0 Å². The first-order valence-corrected chi connectivity index (χ1v) is 12.0. The number of hydrogen-bond donors (Lipinski definition) is 1. The van der Waals surface area contributed by atoms with Crippen molar-refractivity contribution in [2.45, 2.75) is 85.6 Å². The molecule has 0 saturated heterocycles. The second kappa shape index (κ2) is 12.4. The summed E-state index contributed by atoms with van der Waals surface area (Å²) in [6.07, 6.45) is 5.35. The normalized spacial score (nSPS) is 13.8. The predicted octanol–water partition coefficient (Wildman–Crippen LogP) is 1.69. The lowest BCUT2D eigenvalue weighted by Gasteiger charge is -2.17. The minimum absolute atomic E-state index is 0.0146. The maximum atomic E-state index is 6.02. The molecule has 0 spiro atoms. The molecule has 0 fully saturated rings. The highest BCUT2D eigenvalue weighted by Gasteiger charge is 2.16. The number of nitrogens with zero attached hydrogens (tertiary/aromatic N) is 11. The average Bonchev–Trinajstić information content (AvgIpc) is 3.59. The van der Waals surface area contributed by atoms with Gasteiger partial charge >= 0.3 is 6.02 Å². The van der Waals surface area contributed by atoms with Crippen LogP contribution < -0.4 is 5.73 Å². The Morgan fingerprint density at radius 1 is 0.946 bits per heavy atom. The van der Waals surface area contributed by atoms with Crippen molar-refractivity contribution < 1.29 is 14.2 Å². The predicted molar refractivity (Wildman–Crippen MR) is 134 cm³/mol. The Bertz CT molecular complexity index is 1190. The zero-order valence-electron chi connectivity index (χ0n) is 22.4. The summed E-state index contributed by atoms with van der Waals surface area (Å²) in [5.41, 5.74) is 7.72. The number of nitrogens with two attached hydrogens (primary N) is 1. The van der Waals surface area contributed by atoms with Crippen LogP contribution in [0.15, 0.2) is 28.6 Å². The number of aromatic nitrogens is 9. The molecule has 3 aromatic rings. The maximum Gasteiger partial charge on any atom is 0.319 e. The van der Waals surface area contributed by atoms with Crippen LogP contribution in [0.3, 0.4) is 0 Å². The van der Waals surface area contributed by atoms with E-state index in [4.69, 9.17) is 19.9 Å². The fourth-order valence-corrected chi connectivity index (χ4v) is 2.85. The summed E-state index contributed by atoms with van der Waals surface area (Å²) in [6, 6.07) is 0.0507. The van der Waals surface area contributed by atoms with Crippen LogP contribution in [0, 0.1) is 0 Å². The number of aliphatic imine (C=N–C) groups is 2. The molecule has 37 heavy (non-hydrogen) atoms. The van der Waals surface area contributed by atoms with Crippen LogP contribution in [0.2, 0.25) is 0 Å². The van der Waals surface area contributed by atoms with Crippen molar-refractivity contribution in [2.75, 3.05) is 0 Å². The van der Waals surface area contributed by atoms with Gasteiger partial charge in [-0.2, -0.15) is 0 Å². The minimum Gasteiger partial charge on any atom is -0.458 e. The van der Waals surface area contributed by atoms with Gasteiger partial charge in [0, 0.05) is 13.1 Å². The summed E-state index contributed by atoms with van der Waals surface area (Å²) >= 11 is 0. The molecule has 0 aromatic carbocycles. The molecule has 0 bridgehead atoms. The number of rotatable bonds is 10. The molecule has 2 N–H and O–H groups in total. The van der Waals surface area contributed by atoms with E-state index in [1.54, 1.807) is 33.5 Å². The van der Waals surface area contributed by atoms with Crippen LogP contribution in [0.1, 0.15) is 71.1 Å². The van der Waals surface area contributed by atoms with Gasteiger partial charge in [-0.25, -0.2) is 14.4 Å². The van der Waals surface area contributed by atoms with Crippen molar-refractivity contribution >= 4 is 12.0 Å². The Balaban J connectivity index is 1.69. The first kappa shape index (κ1) is 27.7.